The van der Waals surface area contributed by atoms with Gasteiger partial charge >= 0.3 is 12.0 Å². The number of hydrogen-bond acceptors (Lipinski definition) is 4. The molecule has 14 heavy (non-hydrogen) atoms. The Morgan fingerprint density at radius 2 is 2.14 bits per heavy atom. The SMILES string of the molecule is CCN(CC)C(=O)Nc1nc(C)no1. The minimum absolute atomic E-state index is 0.138. The normalized spacial score (nSPS) is 9.93. The number of amides is 2. The minimum Gasteiger partial charge on any atom is -0.325 e. The Kier molecular flexibility index (Phi) is 3.44. The lowest BCUT2D eigenvalue weighted by Gasteiger charge is -2.17. The summed E-state index contributed by atoms with van der Waals surface area (Å²) < 4.78 is 4.75. The molecule has 1 heterocycles. The van der Waals surface area contributed by atoms with Crippen LogP contribution in [0, 0.1) is 6.92 Å². The van der Waals surface area contributed by atoms with Gasteiger partial charge in [-0.1, -0.05) is 5.16 Å². The van der Waals surface area contributed by atoms with Crippen LogP contribution in [0.2, 0.25) is 0 Å². The maximum Gasteiger partial charge on any atom is 0.329 e. The average molecular weight is 198 g/mol. The summed E-state index contributed by atoms with van der Waals surface area (Å²) in [4.78, 5) is 17.0. The number of aromatic nitrogens is 2. The summed E-state index contributed by atoms with van der Waals surface area (Å²) in [5.41, 5.74) is 0. The van der Waals surface area contributed by atoms with Crippen molar-refractivity contribution in [2.45, 2.75) is 20.8 Å². The first-order valence-electron chi connectivity index (χ1n) is 4.53. The average Bonchev–Trinajstić information content (AvgIpc) is 2.53. The van der Waals surface area contributed by atoms with Crippen LogP contribution in [0.3, 0.4) is 0 Å². The smallest absolute Gasteiger partial charge is 0.325 e. The van der Waals surface area contributed by atoms with E-state index < -0.39 is 0 Å². The van der Waals surface area contributed by atoms with Gasteiger partial charge in [0, 0.05) is 13.1 Å². The van der Waals surface area contributed by atoms with Crippen LogP contribution >= 0.6 is 0 Å². The van der Waals surface area contributed by atoms with Crippen molar-refractivity contribution in [1.82, 2.24) is 15.0 Å². The third kappa shape index (κ3) is 2.45. The molecule has 0 saturated heterocycles. The zero-order chi connectivity index (χ0) is 10.6. The summed E-state index contributed by atoms with van der Waals surface area (Å²) in [5.74, 6) is 0.500. The molecule has 6 heteroatoms. The number of urea groups is 1. The lowest BCUT2D eigenvalue weighted by Crippen LogP contribution is -2.34. The first kappa shape index (κ1) is 10.5. The van der Waals surface area contributed by atoms with Crippen LogP contribution in [-0.2, 0) is 0 Å². The van der Waals surface area contributed by atoms with E-state index in [4.69, 9.17) is 4.52 Å². The number of nitrogens with one attached hydrogen (secondary N) is 1. The van der Waals surface area contributed by atoms with E-state index in [0.29, 0.717) is 18.9 Å². The molecule has 0 bridgehead atoms. The van der Waals surface area contributed by atoms with Crippen LogP contribution in [0.1, 0.15) is 19.7 Å². The van der Waals surface area contributed by atoms with Crippen LogP contribution < -0.4 is 5.32 Å². The fraction of sp³-hybridized carbons (Fsp3) is 0.625. The Morgan fingerprint density at radius 1 is 1.50 bits per heavy atom. The molecule has 78 valence electrons. The van der Waals surface area contributed by atoms with Crippen LogP contribution in [0.4, 0.5) is 10.8 Å². The fourth-order valence-electron chi connectivity index (χ4n) is 1.03. The summed E-state index contributed by atoms with van der Waals surface area (Å²) in [6.45, 7) is 6.80. The predicted octanol–water partition coefficient (Wildman–Crippen LogP) is 1.25. The molecule has 1 aromatic rings. The van der Waals surface area contributed by atoms with E-state index in [2.05, 4.69) is 15.5 Å². The molecule has 0 radical (unpaired) electrons. The molecule has 0 aromatic carbocycles. The number of carbonyl (C=O) groups excluding carboxylic acids is 1. The van der Waals surface area contributed by atoms with Crippen LogP contribution in [0.25, 0.3) is 0 Å². The summed E-state index contributed by atoms with van der Waals surface area (Å²) in [6, 6.07) is -0.0851. The summed E-state index contributed by atoms with van der Waals surface area (Å²) in [6.07, 6.45) is 0. The van der Waals surface area contributed by atoms with Crippen molar-refractivity contribution in [2.24, 2.45) is 0 Å². The van der Waals surface area contributed by atoms with Crippen molar-refractivity contribution < 1.29 is 9.32 Å². The molecular formula is C8H14N4O2. The first-order valence-corrected chi connectivity index (χ1v) is 4.53. The molecule has 1 N–H and O–H groups in total. The summed E-state index contributed by atoms with van der Waals surface area (Å²) >= 11 is 0. The molecule has 2 amide bonds. The predicted molar refractivity (Wildman–Crippen MR) is 51.0 cm³/mol. The monoisotopic (exact) mass is 198 g/mol. The third-order valence-electron chi connectivity index (χ3n) is 1.79. The summed E-state index contributed by atoms with van der Waals surface area (Å²) in [5, 5.41) is 6.07. The van der Waals surface area contributed by atoms with Crippen molar-refractivity contribution in [2.75, 3.05) is 18.4 Å². The van der Waals surface area contributed by atoms with Gasteiger partial charge in [-0.25, -0.2) is 4.79 Å². The quantitative estimate of drug-likeness (QED) is 0.793. The number of rotatable bonds is 3. The van der Waals surface area contributed by atoms with Crippen molar-refractivity contribution in [3.63, 3.8) is 0 Å². The molecule has 6 nitrogen and oxygen atoms in total. The van der Waals surface area contributed by atoms with Gasteiger partial charge in [0.2, 0.25) is 0 Å². The van der Waals surface area contributed by atoms with E-state index in [1.54, 1.807) is 11.8 Å². The van der Waals surface area contributed by atoms with Crippen molar-refractivity contribution in [3.8, 4) is 0 Å². The van der Waals surface area contributed by atoms with Crippen LogP contribution in [0.15, 0.2) is 4.52 Å². The highest BCUT2D eigenvalue weighted by Crippen LogP contribution is 2.03. The van der Waals surface area contributed by atoms with Gasteiger partial charge in [-0.3, -0.25) is 5.32 Å². The highest BCUT2D eigenvalue weighted by molar-refractivity contribution is 5.86. The Hall–Kier alpha value is -1.59. The van der Waals surface area contributed by atoms with E-state index >= 15 is 0 Å². The van der Waals surface area contributed by atoms with E-state index in [1.807, 2.05) is 13.8 Å². The second-order valence-electron chi connectivity index (χ2n) is 2.75. The number of anilines is 1. The largest absolute Gasteiger partial charge is 0.329 e. The number of hydrogen-bond donors (Lipinski definition) is 1. The molecule has 1 aromatic heterocycles. The lowest BCUT2D eigenvalue weighted by molar-refractivity contribution is 0.216. The van der Waals surface area contributed by atoms with Gasteiger partial charge in [0.25, 0.3) is 0 Å². The molecule has 0 saturated carbocycles. The zero-order valence-corrected chi connectivity index (χ0v) is 8.57. The minimum atomic E-state index is -0.223. The second kappa shape index (κ2) is 4.59. The zero-order valence-electron chi connectivity index (χ0n) is 8.57. The maximum absolute atomic E-state index is 11.5. The molecule has 0 unspecified atom stereocenters. The summed E-state index contributed by atoms with van der Waals surface area (Å²) in [7, 11) is 0. The van der Waals surface area contributed by atoms with Crippen LogP contribution in [0.5, 0.6) is 0 Å². The molecule has 0 fully saturated rings. The lowest BCUT2D eigenvalue weighted by atomic mass is 10.5. The van der Waals surface area contributed by atoms with Gasteiger partial charge < -0.3 is 9.42 Å². The van der Waals surface area contributed by atoms with Crippen molar-refractivity contribution >= 4 is 12.0 Å². The van der Waals surface area contributed by atoms with Gasteiger partial charge in [-0.15, -0.1) is 0 Å². The molecule has 1 rings (SSSR count). The van der Waals surface area contributed by atoms with Gasteiger partial charge in [0.1, 0.15) is 0 Å². The standard InChI is InChI=1S/C8H14N4O2/c1-4-12(5-2)8(13)10-7-9-6(3)11-14-7/h4-5H2,1-3H3,(H,9,10,11,13). The van der Waals surface area contributed by atoms with E-state index in [-0.39, 0.29) is 12.0 Å². The Morgan fingerprint density at radius 3 is 2.57 bits per heavy atom. The molecule has 0 spiro atoms. The highest BCUT2D eigenvalue weighted by atomic mass is 16.5. The van der Waals surface area contributed by atoms with Crippen molar-refractivity contribution in [3.05, 3.63) is 5.82 Å². The van der Waals surface area contributed by atoms with Gasteiger partial charge in [-0.2, -0.15) is 4.98 Å². The Balaban J connectivity index is 2.56. The molecule has 0 aliphatic rings. The second-order valence-corrected chi connectivity index (χ2v) is 2.75. The van der Waals surface area contributed by atoms with Crippen molar-refractivity contribution in [1.29, 1.82) is 0 Å². The van der Waals surface area contributed by atoms with Gasteiger partial charge in [0.05, 0.1) is 0 Å². The number of aryl methyl sites for hydroxylation is 1. The number of nitrogens with zero attached hydrogens (tertiary/aromatic N) is 3. The fourth-order valence-corrected chi connectivity index (χ4v) is 1.03. The van der Waals surface area contributed by atoms with E-state index in [1.165, 1.54) is 0 Å². The van der Waals surface area contributed by atoms with E-state index in [0.717, 1.165) is 0 Å². The van der Waals surface area contributed by atoms with Gasteiger partial charge in [-0.05, 0) is 20.8 Å². The first-order chi connectivity index (χ1) is 6.67. The maximum atomic E-state index is 11.5. The Bertz CT molecular complexity index is 306. The molecule has 0 atom stereocenters. The highest BCUT2D eigenvalue weighted by Gasteiger charge is 2.12. The number of carbonyl (C=O) groups is 1. The topological polar surface area (TPSA) is 71.3 Å². The Labute approximate surface area is 82.3 Å². The molecular weight excluding hydrogens is 184 g/mol. The third-order valence-corrected chi connectivity index (χ3v) is 1.79. The van der Waals surface area contributed by atoms with E-state index in [9.17, 15) is 4.79 Å². The molecule has 0 aliphatic carbocycles. The van der Waals surface area contributed by atoms with Gasteiger partial charge in [0.15, 0.2) is 5.82 Å². The van der Waals surface area contributed by atoms with Crippen LogP contribution in [-0.4, -0.2) is 34.2 Å². The molecule has 0 aliphatic heterocycles.